The second-order valence-electron chi connectivity index (χ2n) is 7.02. The van der Waals surface area contributed by atoms with E-state index in [1.165, 1.54) is 6.21 Å². The number of carbonyl (C=O) groups is 2. The monoisotopic (exact) mass is 509 g/mol. The minimum absolute atomic E-state index is 0.360. The molecule has 3 aromatic rings. The van der Waals surface area contributed by atoms with Crippen LogP contribution in [0.2, 0.25) is 0 Å². The van der Waals surface area contributed by atoms with Gasteiger partial charge in [0.25, 0.3) is 0 Å². The third-order valence-corrected chi connectivity index (χ3v) is 5.15. The summed E-state index contributed by atoms with van der Waals surface area (Å²) in [7, 11) is 1.55. The normalized spacial score (nSPS) is 10.6. The van der Waals surface area contributed by atoms with Crippen molar-refractivity contribution in [3.63, 3.8) is 0 Å². The highest BCUT2D eigenvalue weighted by atomic mass is 79.9. The molecule has 0 aromatic heterocycles. The lowest BCUT2D eigenvalue weighted by atomic mass is 10.1. The van der Waals surface area contributed by atoms with E-state index in [0.717, 1.165) is 15.6 Å². The minimum atomic E-state index is -0.833. The number of hydrazone groups is 1. The number of nitrogens with zero attached hydrogens (tertiary/aromatic N) is 1. The van der Waals surface area contributed by atoms with E-state index < -0.39 is 11.8 Å². The van der Waals surface area contributed by atoms with Crippen molar-refractivity contribution in [3.8, 4) is 11.5 Å². The van der Waals surface area contributed by atoms with Crippen LogP contribution >= 0.6 is 15.9 Å². The van der Waals surface area contributed by atoms with E-state index in [9.17, 15) is 9.59 Å². The molecule has 0 saturated heterocycles. The fraction of sp³-hybridized carbons (Fsp3) is 0.160. The molecule has 2 amide bonds. The summed E-state index contributed by atoms with van der Waals surface area (Å²) >= 11 is 3.41. The Bertz CT molecular complexity index is 1100. The van der Waals surface area contributed by atoms with Crippen LogP contribution in [0.25, 0.3) is 0 Å². The first-order chi connectivity index (χ1) is 16.0. The minimum Gasteiger partial charge on any atom is -0.493 e. The predicted octanol–water partition coefficient (Wildman–Crippen LogP) is 3.85. The van der Waals surface area contributed by atoms with Crippen molar-refractivity contribution < 1.29 is 19.1 Å². The first-order valence-corrected chi connectivity index (χ1v) is 11.0. The fourth-order valence-electron chi connectivity index (χ4n) is 2.89. The third kappa shape index (κ3) is 7.76. The molecule has 8 heteroatoms. The molecule has 0 aliphatic heterocycles. The smallest absolute Gasteiger partial charge is 0.329 e. The Hall–Kier alpha value is -3.65. The maximum atomic E-state index is 11.9. The number of nitrogens with one attached hydrogen (secondary N) is 2. The zero-order valence-electron chi connectivity index (χ0n) is 18.1. The molecule has 170 valence electrons. The molecule has 3 rings (SSSR count). The summed E-state index contributed by atoms with van der Waals surface area (Å²) < 4.78 is 12.2. The Balaban J connectivity index is 1.47. The van der Waals surface area contributed by atoms with Gasteiger partial charge in [-0.25, -0.2) is 5.43 Å². The van der Waals surface area contributed by atoms with E-state index in [4.69, 9.17) is 9.47 Å². The van der Waals surface area contributed by atoms with Crippen molar-refractivity contribution in [1.29, 1.82) is 0 Å². The zero-order valence-corrected chi connectivity index (χ0v) is 19.7. The van der Waals surface area contributed by atoms with E-state index in [2.05, 4.69) is 31.8 Å². The van der Waals surface area contributed by atoms with Crippen molar-refractivity contribution in [2.45, 2.75) is 13.0 Å². The van der Waals surface area contributed by atoms with Gasteiger partial charge in [-0.3, -0.25) is 9.59 Å². The van der Waals surface area contributed by atoms with Crippen LogP contribution in [0.5, 0.6) is 11.5 Å². The predicted molar refractivity (Wildman–Crippen MR) is 130 cm³/mol. The standard InChI is InChI=1S/C25H24BrN3O4/c1-32-23-15-20(9-12-22(23)33-17-19-7-10-21(26)11-8-19)16-28-29-25(31)24(30)27-14-13-18-5-3-2-4-6-18/h2-12,15-16H,13-14,17H2,1H3,(H,27,30)(H,29,31)/b28-16-. The van der Waals surface area contributed by atoms with Gasteiger partial charge < -0.3 is 14.8 Å². The molecule has 0 bridgehead atoms. The fourth-order valence-corrected chi connectivity index (χ4v) is 3.15. The third-order valence-electron chi connectivity index (χ3n) is 4.62. The van der Waals surface area contributed by atoms with Crippen LogP contribution in [-0.4, -0.2) is 31.7 Å². The first kappa shape index (κ1) is 24.0. The Morgan fingerprint density at radius 1 is 0.939 bits per heavy atom. The van der Waals surface area contributed by atoms with Gasteiger partial charge in [0.05, 0.1) is 13.3 Å². The van der Waals surface area contributed by atoms with Gasteiger partial charge in [0.2, 0.25) is 0 Å². The first-order valence-electron chi connectivity index (χ1n) is 10.3. The van der Waals surface area contributed by atoms with Crippen LogP contribution in [-0.2, 0) is 22.6 Å². The lowest BCUT2D eigenvalue weighted by molar-refractivity contribution is -0.139. The molecule has 0 spiro atoms. The SMILES string of the molecule is COc1cc(/C=N\NC(=O)C(=O)NCCc2ccccc2)ccc1OCc1ccc(Br)cc1. The summed E-state index contributed by atoms with van der Waals surface area (Å²) in [6.45, 7) is 0.755. The van der Waals surface area contributed by atoms with Crippen LogP contribution in [0.15, 0.2) is 82.4 Å². The number of halogens is 1. The van der Waals surface area contributed by atoms with E-state index in [1.54, 1.807) is 25.3 Å². The molecule has 0 fully saturated rings. The number of carbonyl (C=O) groups excluding carboxylic acids is 2. The summed E-state index contributed by atoms with van der Waals surface area (Å²) in [6, 6.07) is 22.8. The molecule has 7 nitrogen and oxygen atoms in total. The number of rotatable bonds is 9. The zero-order chi connectivity index (χ0) is 23.5. The van der Waals surface area contributed by atoms with E-state index in [-0.39, 0.29) is 0 Å². The summed E-state index contributed by atoms with van der Waals surface area (Å²) in [5.74, 6) is -0.460. The van der Waals surface area contributed by atoms with E-state index in [1.807, 2.05) is 54.6 Å². The van der Waals surface area contributed by atoms with Gasteiger partial charge in [-0.05, 0) is 53.4 Å². The molecule has 0 saturated carbocycles. The Morgan fingerprint density at radius 3 is 2.42 bits per heavy atom. The van der Waals surface area contributed by atoms with Gasteiger partial charge in [0.1, 0.15) is 6.61 Å². The average molecular weight is 510 g/mol. The van der Waals surface area contributed by atoms with Crippen LogP contribution in [0, 0.1) is 0 Å². The number of hydrogen-bond donors (Lipinski definition) is 2. The van der Waals surface area contributed by atoms with E-state index in [0.29, 0.717) is 36.6 Å². The van der Waals surface area contributed by atoms with Gasteiger partial charge in [0.15, 0.2) is 11.5 Å². The Morgan fingerprint density at radius 2 is 1.70 bits per heavy atom. The van der Waals surface area contributed by atoms with Gasteiger partial charge in [0, 0.05) is 11.0 Å². The molecular formula is C25H24BrN3O4. The average Bonchev–Trinajstić information content (AvgIpc) is 2.84. The topological polar surface area (TPSA) is 89.0 Å². The van der Waals surface area contributed by atoms with Gasteiger partial charge >= 0.3 is 11.8 Å². The van der Waals surface area contributed by atoms with Crippen molar-refractivity contribution in [1.82, 2.24) is 10.7 Å². The summed E-state index contributed by atoms with van der Waals surface area (Å²) in [4.78, 5) is 23.8. The van der Waals surface area contributed by atoms with Gasteiger partial charge in [-0.1, -0.05) is 58.4 Å². The molecule has 3 aromatic carbocycles. The van der Waals surface area contributed by atoms with Crippen LogP contribution in [0.3, 0.4) is 0 Å². The maximum absolute atomic E-state index is 11.9. The highest BCUT2D eigenvalue weighted by Gasteiger charge is 2.11. The van der Waals surface area contributed by atoms with Crippen LogP contribution in [0.4, 0.5) is 0 Å². The number of benzene rings is 3. The summed E-state index contributed by atoms with van der Waals surface area (Å²) in [6.07, 6.45) is 2.06. The van der Waals surface area contributed by atoms with Crippen molar-refractivity contribution in [2.75, 3.05) is 13.7 Å². The van der Waals surface area contributed by atoms with Crippen molar-refractivity contribution in [3.05, 3.63) is 94.0 Å². The molecule has 0 aliphatic rings. The van der Waals surface area contributed by atoms with Crippen LogP contribution in [0.1, 0.15) is 16.7 Å². The quantitative estimate of drug-likeness (QED) is 0.260. The molecule has 33 heavy (non-hydrogen) atoms. The second kappa shape index (κ2) is 12.4. The summed E-state index contributed by atoms with van der Waals surface area (Å²) in [5, 5.41) is 6.42. The highest BCUT2D eigenvalue weighted by Crippen LogP contribution is 2.28. The number of ether oxygens (including phenoxy) is 2. The number of hydrogen-bond acceptors (Lipinski definition) is 5. The molecule has 0 unspecified atom stereocenters. The molecule has 2 N–H and O–H groups in total. The lowest BCUT2D eigenvalue weighted by Crippen LogP contribution is -2.38. The van der Waals surface area contributed by atoms with Gasteiger partial charge in [-0.2, -0.15) is 5.10 Å². The van der Waals surface area contributed by atoms with Crippen molar-refractivity contribution >= 4 is 34.0 Å². The highest BCUT2D eigenvalue weighted by molar-refractivity contribution is 9.10. The Kier molecular flexibility index (Phi) is 9.02. The molecule has 0 atom stereocenters. The number of amides is 2. The maximum Gasteiger partial charge on any atom is 0.329 e. The lowest BCUT2D eigenvalue weighted by Gasteiger charge is -2.11. The number of methoxy groups -OCH3 is 1. The van der Waals surface area contributed by atoms with Crippen molar-refractivity contribution in [2.24, 2.45) is 5.10 Å². The van der Waals surface area contributed by atoms with E-state index >= 15 is 0 Å². The largest absolute Gasteiger partial charge is 0.493 e. The second-order valence-corrected chi connectivity index (χ2v) is 7.93. The molecule has 0 heterocycles. The summed E-state index contributed by atoms with van der Waals surface area (Å²) in [5.41, 5.74) is 5.00. The molecular weight excluding hydrogens is 486 g/mol. The molecule has 0 radical (unpaired) electrons. The Labute approximate surface area is 200 Å². The van der Waals surface area contributed by atoms with Gasteiger partial charge in [-0.15, -0.1) is 0 Å². The van der Waals surface area contributed by atoms with Crippen LogP contribution < -0.4 is 20.2 Å². The molecule has 0 aliphatic carbocycles.